The van der Waals surface area contributed by atoms with Gasteiger partial charge in [0.25, 0.3) is 0 Å². The molecule has 0 spiro atoms. The minimum Gasteiger partial charge on any atom is -1.00 e. The number of nitrogens with zero attached hydrogens (tertiary/aromatic N) is 6. The van der Waals surface area contributed by atoms with Crippen LogP contribution in [0.5, 0.6) is 46.0 Å². The normalized spacial score (nSPS) is 10.7. The van der Waals surface area contributed by atoms with Gasteiger partial charge >= 0.3 is 29.7 Å². The van der Waals surface area contributed by atoms with E-state index in [1.165, 1.54) is 49.1 Å². The molecular weight excluding hydrogens is 1250 g/mol. The van der Waals surface area contributed by atoms with Gasteiger partial charge in [-0.05, 0) is 84.6 Å². The Morgan fingerprint density at radius 1 is 0.444 bits per heavy atom. The van der Waals surface area contributed by atoms with E-state index in [1.54, 1.807) is 111 Å². The van der Waals surface area contributed by atoms with E-state index >= 15 is 0 Å². The van der Waals surface area contributed by atoms with Gasteiger partial charge in [0.15, 0.2) is 0 Å². The predicted molar refractivity (Wildman–Crippen MR) is 233 cm³/mol. The van der Waals surface area contributed by atoms with Crippen molar-refractivity contribution in [2.45, 2.75) is 13.8 Å². The van der Waals surface area contributed by atoms with Crippen LogP contribution < -0.4 is 45.2 Å². The minimum absolute atomic E-state index is 0. The average molecular weight is 1290 g/mol. The topological polar surface area (TPSA) is 372 Å². The molecule has 23 nitrogen and oxygen atoms in total. The largest absolute Gasteiger partial charge is 2.00 e. The zero-order chi connectivity index (χ0) is 48.4. The second-order valence-electron chi connectivity index (χ2n) is 12.2. The Balaban J connectivity index is -0.000000476. The zero-order valence-corrected chi connectivity index (χ0v) is 47.3. The van der Waals surface area contributed by atoms with Crippen molar-refractivity contribution in [1.29, 1.82) is 0 Å². The molecule has 0 bridgehead atoms. The molecule has 0 aromatic heterocycles. The number of aliphatic hydroxyl groups is 2. The van der Waals surface area contributed by atoms with Crippen LogP contribution in [-0.4, -0.2) is 84.4 Å². The van der Waals surface area contributed by atoms with E-state index in [2.05, 4.69) is 39.9 Å². The Morgan fingerprint density at radius 2 is 0.625 bits per heavy atom. The van der Waals surface area contributed by atoms with E-state index in [9.17, 15) is 50.7 Å². The van der Waals surface area contributed by atoms with Crippen LogP contribution in [0.1, 0.15) is 36.1 Å². The maximum absolute atomic E-state index is 11.8. The van der Waals surface area contributed by atoms with Gasteiger partial charge < -0.3 is 81.4 Å². The summed E-state index contributed by atoms with van der Waals surface area (Å²) in [7, 11) is 0. The van der Waals surface area contributed by atoms with Crippen molar-refractivity contribution in [2.24, 2.45) is 20.0 Å². The van der Waals surface area contributed by atoms with Gasteiger partial charge in [-0.25, -0.2) is 0 Å². The van der Waals surface area contributed by atoms with Crippen molar-refractivity contribution in [3.8, 4) is 46.0 Å². The molecule has 379 valence electrons. The third kappa shape index (κ3) is 24.3. The van der Waals surface area contributed by atoms with Gasteiger partial charge in [-0.1, -0.05) is 95.8 Å². The molecule has 0 amide bonds. The van der Waals surface area contributed by atoms with Crippen molar-refractivity contribution in [3.05, 3.63) is 153 Å². The molecule has 1 heterocycles. The van der Waals surface area contributed by atoms with Gasteiger partial charge in [0.1, 0.15) is 52.8 Å². The molecule has 8 N–H and O–H groups in total. The van der Waals surface area contributed by atoms with E-state index < -0.39 is 33.2 Å². The zero-order valence-electron chi connectivity index (χ0n) is 37.7. The first-order valence-electron chi connectivity index (χ1n) is 18.9. The fourth-order valence-corrected chi connectivity index (χ4v) is 4.63. The van der Waals surface area contributed by atoms with Crippen LogP contribution in [0.25, 0.3) is 0 Å². The number of phenolic OH excluding ortho intramolecular Hbond substituents is 4. The molecule has 0 aliphatic carbocycles. The van der Waals surface area contributed by atoms with E-state index in [0.717, 1.165) is 0 Å². The summed E-state index contributed by atoms with van der Waals surface area (Å²) in [5, 5.41) is 99.2. The molecule has 1 aliphatic heterocycles. The number of hydrogen-bond acceptors (Lipinski definition) is 20. The Kier molecular flexibility index (Phi) is 39.6. The monoisotopic (exact) mass is 1280 g/mol. The number of phenols is 4. The van der Waals surface area contributed by atoms with Crippen LogP contribution >= 0.6 is 0 Å². The number of rotatable bonds is 8. The van der Waals surface area contributed by atoms with Gasteiger partial charge in [-0.15, -0.1) is 0 Å². The van der Waals surface area contributed by atoms with Crippen LogP contribution in [0.2, 0.25) is 0 Å². The van der Waals surface area contributed by atoms with Gasteiger partial charge in [0.05, 0.1) is 22.7 Å². The van der Waals surface area contributed by atoms with Gasteiger partial charge in [-0.3, -0.25) is 20.0 Å². The molecular formula is C44H42Cl2N6O17TbZn2-2. The third-order valence-electron chi connectivity index (χ3n) is 7.54. The van der Waals surface area contributed by atoms with Crippen LogP contribution in [0.3, 0.4) is 0 Å². The molecule has 1 fully saturated rings. The number of aromatic hydroxyl groups is 4. The standard InChI is InChI=1S/2C20H16N2O4.2C2H6O.2ClH.N2O6.H2O.Tb.2Zn/c2*23-17-9-3-5-13(19(17)25)11-21-15-7-1-2-8-16(15)22-12-14-6-4-10-18(24)20(14)26;2*1-2-3;;;3-1-5-7-2(4)8-6-1;;;;/h2*1-12,23-26H;2*3H,2H2,1H3;2*1H;;1H2;;;/q;;;;;;+2;;;;+2/p-6. The molecule has 6 aromatic rings. The second-order valence-corrected chi connectivity index (χ2v) is 12.2. The Morgan fingerprint density at radius 3 is 0.806 bits per heavy atom. The first-order valence-corrected chi connectivity index (χ1v) is 18.9. The van der Waals surface area contributed by atoms with Crippen molar-refractivity contribution in [2.75, 3.05) is 13.2 Å². The van der Waals surface area contributed by atoms with Gasteiger partial charge in [0, 0.05) is 96.2 Å². The summed E-state index contributed by atoms with van der Waals surface area (Å²) in [5.74, 6) is -3.39. The fourth-order valence-electron chi connectivity index (χ4n) is 4.63. The van der Waals surface area contributed by atoms with Crippen LogP contribution in [0.4, 0.5) is 22.7 Å². The Hall–Kier alpha value is -6.21. The molecule has 0 atom stereocenters. The third-order valence-corrected chi connectivity index (χ3v) is 7.54. The second kappa shape index (κ2) is 39.4. The smallest absolute Gasteiger partial charge is 1.00 e. The summed E-state index contributed by atoms with van der Waals surface area (Å²) in [4.78, 5) is 50.1. The van der Waals surface area contributed by atoms with E-state index in [0.29, 0.717) is 22.7 Å². The number of para-hydroxylation sites is 8. The summed E-state index contributed by atoms with van der Waals surface area (Å²) in [5.41, 5.74) is 2.94. The molecule has 6 aromatic carbocycles. The average Bonchev–Trinajstić information content (AvgIpc) is 3.31. The number of aliphatic imine (C=N–C) groups is 4. The van der Waals surface area contributed by atoms with Crippen molar-refractivity contribution in [1.82, 2.24) is 0 Å². The quantitative estimate of drug-likeness (QED) is 0.0534. The Bertz CT molecular complexity index is 2340. The van der Waals surface area contributed by atoms with E-state index in [4.69, 9.17) is 10.2 Å². The summed E-state index contributed by atoms with van der Waals surface area (Å²) in [6.45, 7) is 3.86. The number of halogens is 2. The molecule has 28 heteroatoms. The first-order chi connectivity index (χ1) is 31.7. The SMILES string of the molecule is CCO.CCO.O.O=[N+]1OO[N+](=O)OO1.[Cl-].[Cl-].[O-]c1c(O)cccc1C=Nc1ccccc1N=Cc1cccc(O)c1[O-].[O-]c1c(O)cccc1C=Nc1ccccc1N=Cc1cccc(O)c1[O-].[Tb].[Zn+2].[Zn]. The first kappa shape index (κ1) is 72.3. The van der Waals surface area contributed by atoms with Crippen LogP contribution in [0, 0.1) is 48.4 Å². The molecule has 72 heavy (non-hydrogen) atoms. The fraction of sp³-hybridized carbons (Fsp3) is 0.0909. The van der Waals surface area contributed by atoms with E-state index in [1.807, 2.05) is 0 Å². The molecule has 1 saturated heterocycles. The molecule has 0 unspecified atom stereocenters. The van der Waals surface area contributed by atoms with E-state index in [-0.39, 0.29) is 166 Å². The van der Waals surface area contributed by atoms with Crippen molar-refractivity contribution >= 4 is 47.6 Å². The molecule has 1 radical (unpaired) electrons. The number of benzene rings is 6. The van der Waals surface area contributed by atoms with Crippen molar-refractivity contribution in [3.63, 3.8) is 0 Å². The van der Waals surface area contributed by atoms with Crippen molar-refractivity contribution < 1.29 is 189 Å². The summed E-state index contributed by atoms with van der Waals surface area (Å²) >= 11 is 0. The Labute approximate surface area is 479 Å². The van der Waals surface area contributed by atoms with Gasteiger partial charge in [-0.2, -0.15) is 0 Å². The predicted octanol–water partition coefficient (Wildman–Crippen LogP) is -2.22. The molecule has 7 rings (SSSR count). The summed E-state index contributed by atoms with van der Waals surface area (Å²) < 4.78 is 0. The van der Waals surface area contributed by atoms with Crippen LogP contribution in [0.15, 0.2) is 141 Å². The minimum atomic E-state index is -0.533. The number of aliphatic hydroxyl groups excluding tert-OH is 2. The summed E-state index contributed by atoms with van der Waals surface area (Å²) in [6.07, 6.45) is 5.40. The number of hydrogen-bond donors (Lipinski definition) is 6. The summed E-state index contributed by atoms with van der Waals surface area (Å²) in [6, 6.07) is 31.5. The van der Waals surface area contributed by atoms with Crippen LogP contribution in [-0.2, 0) is 58.9 Å². The maximum atomic E-state index is 11.8. The molecule has 0 saturated carbocycles. The maximum Gasteiger partial charge on any atom is 2.00 e. The molecule has 1 aliphatic rings. The van der Waals surface area contributed by atoms with Gasteiger partial charge in [0.2, 0.25) is 0 Å².